The van der Waals surface area contributed by atoms with Crippen LogP contribution in [0.4, 0.5) is 15.8 Å². The Hall–Kier alpha value is -3.09. The van der Waals surface area contributed by atoms with E-state index in [0.717, 1.165) is 0 Å². The third kappa shape index (κ3) is 4.70. The lowest BCUT2D eigenvalue weighted by molar-refractivity contribution is -0.118. The summed E-state index contributed by atoms with van der Waals surface area (Å²) in [5, 5.41) is 5.21. The lowest BCUT2D eigenvalue weighted by Gasteiger charge is -2.12. The Labute approximate surface area is 138 Å². The van der Waals surface area contributed by atoms with E-state index in [1.807, 2.05) is 0 Å². The zero-order valence-corrected chi connectivity index (χ0v) is 13.3. The maximum absolute atomic E-state index is 13.4. The monoisotopic (exact) mass is 332 g/mol. The van der Waals surface area contributed by atoms with Crippen LogP contribution in [0, 0.1) is 5.82 Å². The summed E-state index contributed by atoms with van der Waals surface area (Å²) in [4.78, 5) is 23.1. The molecule has 2 rings (SSSR count). The average Bonchev–Trinajstić information content (AvgIpc) is 2.54. The third-order valence-electron chi connectivity index (χ3n) is 2.99. The number of benzene rings is 2. The number of halogens is 1. The highest BCUT2D eigenvalue weighted by Gasteiger charge is 2.10. The molecule has 2 aromatic rings. The first-order valence-corrected chi connectivity index (χ1v) is 7.12. The van der Waals surface area contributed by atoms with E-state index in [0.29, 0.717) is 17.1 Å². The fourth-order valence-electron chi connectivity index (χ4n) is 1.98. The molecule has 0 saturated carbocycles. The minimum Gasteiger partial charge on any atom is -0.495 e. The molecule has 0 aliphatic rings. The van der Waals surface area contributed by atoms with Gasteiger partial charge in [-0.05, 0) is 30.3 Å². The normalized spacial score (nSPS) is 9.96. The van der Waals surface area contributed by atoms with Crippen LogP contribution in [0.3, 0.4) is 0 Å². The topological polar surface area (TPSA) is 76.7 Å². The van der Waals surface area contributed by atoms with E-state index in [2.05, 4.69) is 10.6 Å². The van der Waals surface area contributed by atoms with Gasteiger partial charge >= 0.3 is 0 Å². The van der Waals surface area contributed by atoms with Gasteiger partial charge in [0.15, 0.2) is 18.2 Å². The van der Waals surface area contributed by atoms with Gasteiger partial charge in [-0.2, -0.15) is 0 Å². The van der Waals surface area contributed by atoms with Gasteiger partial charge < -0.3 is 20.1 Å². The van der Waals surface area contributed by atoms with Crippen LogP contribution in [-0.2, 0) is 9.59 Å². The van der Waals surface area contributed by atoms with Crippen molar-refractivity contribution in [1.29, 1.82) is 0 Å². The molecule has 2 N–H and O–H groups in total. The minimum absolute atomic E-state index is 0.00122. The quantitative estimate of drug-likeness (QED) is 0.853. The van der Waals surface area contributed by atoms with E-state index in [1.54, 1.807) is 24.3 Å². The number of nitrogens with one attached hydrogen (secondary N) is 2. The standard InChI is InChI=1S/C17H17FN2O4/c1-11(21)19-14-9-12(7-8-16(14)23-2)20-17(22)10-24-15-6-4-3-5-13(15)18/h3-9H,10H2,1-2H3,(H,19,21)(H,20,22). The Morgan fingerprint density at radius 2 is 1.83 bits per heavy atom. The van der Waals surface area contributed by atoms with E-state index in [-0.39, 0.29) is 18.3 Å². The third-order valence-corrected chi connectivity index (χ3v) is 2.99. The Kier molecular flexibility index (Phi) is 5.73. The maximum atomic E-state index is 13.4. The molecule has 2 aromatic carbocycles. The van der Waals surface area contributed by atoms with Gasteiger partial charge in [-0.15, -0.1) is 0 Å². The Morgan fingerprint density at radius 1 is 1.08 bits per heavy atom. The van der Waals surface area contributed by atoms with Crippen LogP contribution in [0.2, 0.25) is 0 Å². The number of hydrogen-bond donors (Lipinski definition) is 2. The van der Waals surface area contributed by atoms with Gasteiger partial charge in [-0.1, -0.05) is 12.1 Å². The molecule has 0 atom stereocenters. The number of rotatable bonds is 6. The Morgan fingerprint density at radius 3 is 2.50 bits per heavy atom. The van der Waals surface area contributed by atoms with Crippen molar-refractivity contribution in [3.63, 3.8) is 0 Å². The molecule has 24 heavy (non-hydrogen) atoms. The van der Waals surface area contributed by atoms with Gasteiger partial charge in [0.25, 0.3) is 5.91 Å². The van der Waals surface area contributed by atoms with E-state index in [9.17, 15) is 14.0 Å². The van der Waals surface area contributed by atoms with Crippen LogP contribution in [0.5, 0.6) is 11.5 Å². The number of para-hydroxylation sites is 1. The maximum Gasteiger partial charge on any atom is 0.262 e. The summed E-state index contributed by atoms with van der Waals surface area (Å²) in [7, 11) is 1.47. The van der Waals surface area contributed by atoms with Gasteiger partial charge in [0.2, 0.25) is 5.91 Å². The van der Waals surface area contributed by atoms with Crippen LogP contribution in [0.25, 0.3) is 0 Å². The molecule has 0 aliphatic carbocycles. The van der Waals surface area contributed by atoms with E-state index in [4.69, 9.17) is 9.47 Å². The molecular weight excluding hydrogens is 315 g/mol. The van der Waals surface area contributed by atoms with Gasteiger partial charge in [0, 0.05) is 12.6 Å². The molecule has 0 saturated heterocycles. The molecule has 0 heterocycles. The number of carbonyl (C=O) groups excluding carboxylic acids is 2. The number of carbonyl (C=O) groups is 2. The number of ether oxygens (including phenoxy) is 2. The molecule has 6 nitrogen and oxygen atoms in total. The molecular formula is C17H17FN2O4. The summed E-state index contributed by atoms with van der Waals surface area (Å²) in [6.07, 6.45) is 0. The molecule has 0 spiro atoms. The van der Waals surface area contributed by atoms with Crippen LogP contribution in [-0.4, -0.2) is 25.5 Å². The van der Waals surface area contributed by atoms with Gasteiger partial charge in [0.05, 0.1) is 12.8 Å². The molecule has 126 valence electrons. The molecule has 0 aliphatic heterocycles. The van der Waals surface area contributed by atoms with Crippen LogP contribution in [0.15, 0.2) is 42.5 Å². The fourth-order valence-corrected chi connectivity index (χ4v) is 1.98. The predicted octanol–water partition coefficient (Wildman–Crippen LogP) is 2.81. The first-order valence-electron chi connectivity index (χ1n) is 7.12. The number of hydrogen-bond acceptors (Lipinski definition) is 4. The number of anilines is 2. The van der Waals surface area contributed by atoms with Crippen LogP contribution in [0.1, 0.15) is 6.92 Å². The second kappa shape index (κ2) is 7.96. The summed E-state index contributed by atoms with van der Waals surface area (Å²) >= 11 is 0. The average molecular weight is 332 g/mol. The summed E-state index contributed by atoms with van der Waals surface area (Å²) < 4.78 is 23.7. The van der Waals surface area contributed by atoms with Gasteiger partial charge in [0.1, 0.15) is 5.75 Å². The van der Waals surface area contributed by atoms with Crippen molar-refractivity contribution in [2.75, 3.05) is 24.4 Å². The molecule has 7 heteroatoms. The van der Waals surface area contributed by atoms with E-state index < -0.39 is 11.7 Å². The van der Waals surface area contributed by atoms with Crippen LogP contribution >= 0.6 is 0 Å². The second-order valence-corrected chi connectivity index (χ2v) is 4.86. The van der Waals surface area contributed by atoms with Crippen molar-refractivity contribution in [3.05, 3.63) is 48.3 Å². The van der Waals surface area contributed by atoms with Gasteiger partial charge in [-0.25, -0.2) is 4.39 Å². The Bertz CT molecular complexity index is 749. The SMILES string of the molecule is COc1ccc(NC(=O)COc2ccccc2F)cc1NC(C)=O. The predicted molar refractivity (Wildman–Crippen MR) is 87.8 cm³/mol. The smallest absolute Gasteiger partial charge is 0.262 e. The van der Waals surface area contributed by atoms with Crippen molar-refractivity contribution >= 4 is 23.2 Å². The first-order chi connectivity index (χ1) is 11.5. The highest BCUT2D eigenvalue weighted by atomic mass is 19.1. The lowest BCUT2D eigenvalue weighted by Crippen LogP contribution is -2.20. The number of amides is 2. The zero-order valence-electron chi connectivity index (χ0n) is 13.3. The number of methoxy groups -OCH3 is 1. The summed E-state index contributed by atoms with van der Waals surface area (Å²) in [5.41, 5.74) is 0.875. The summed E-state index contributed by atoms with van der Waals surface area (Å²) in [6, 6.07) is 10.6. The van der Waals surface area contributed by atoms with Crippen molar-refractivity contribution in [3.8, 4) is 11.5 Å². The summed E-state index contributed by atoms with van der Waals surface area (Å²) in [6.45, 7) is 1.02. The highest BCUT2D eigenvalue weighted by molar-refractivity contribution is 5.95. The second-order valence-electron chi connectivity index (χ2n) is 4.86. The fraction of sp³-hybridized carbons (Fsp3) is 0.176. The molecule has 0 unspecified atom stereocenters. The first kappa shape index (κ1) is 17.3. The van der Waals surface area contributed by atoms with Crippen molar-refractivity contribution in [1.82, 2.24) is 0 Å². The molecule has 0 aromatic heterocycles. The minimum atomic E-state index is -0.539. The molecule has 0 fully saturated rings. The Balaban J connectivity index is 2.01. The van der Waals surface area contributed by atoms with Crippen LogP contribution < -0.4 is 20.1 Å². The molecule has 0 radical (unpaired) electrons. The highest BCUT2D eigenvalue weighted by Crippen LogP contribution is 2.27. The van der Waals surface area contributed by atoms with Crippen molar-refractivity contribution in [2.45, 2.75) is 6.92 Å². The van der Waals surface area contributed by atoms with Gasteiger partial charge in [-0.3, -0.25) is 9.59 Å². The van der Waals surface area contributed by atoms with E-state index >= 15 is 0 Å². The summed E-state index contributed by atoms with van der Waals surface area (Å²) in [5.74, 6) is -0.799. The van der Waals surface area contributed by atoms with Crippen molar-refractivity contribution in [2.24, 2.45) is 0 Å². The molecule has 0 bridgehead atoms. The molecule has 2 amide bonds. The largest absolute Gasteiger partial charge is 0.495 e. The van der Waals surface area contributed by atoms with Crippen molar-refractivity contribution < 1.29 is 23.5 Å². The van der Waals surface area contributed by atoms with E-state index in [1.165, 1.54) is 32.2 Å². The zero-order chi connectivity index (χ0) is 17.5. The lowest BCUT2D eigenvalue weighted by atomic mass is 10.2.